The minimum absolute atomic E-state index is 0.599. The molecule has 0 bridgehead atoms. The van der Waals surface area contributed by atoms with Gasteiger partial charge in [0.05, 0.1) is 61.7 Å². The Kier molecular flexibility index (Phi) is 19.2. The quantitative estimate of drug-likeness (QED) is 0.113. The van der Waals surface area contributed by atoms with Crippen LogP contribution in [0, 0.1) is 0 Å². The van der Waals surface area contributed by atoms with Crippen LogP contribution in [0.5, 0.6) is 0 Å². The van der Waals surface area contributed by atoms with E-state index >= 15 is 0 Å². The fourth-order valence-electron chi connectivity index (χ4n) is 17.8. The highest BCUT2D eigenvalue weighted by Gasteiger charge is 2.29. The summed E-state index contributed by atoms with van der Waals surface area (Å²) in [5.74, 6) is 6.78. The van der Waals surface area contributed by atoms with Crippen molar-refractivity contribution in [1.29, 1.82) is 0 Å². The van der Waals surface area contributed by atoms with Crippen molar-refractivity contribution in [2.24, 2.45) is 0 Å². The summed E-state index contributed by atoms with van der Waals surface area (Å²) in [7, 11) is 0. The predicted molar refractivity (Wildman–Crippen MR) is 527 cm³/mol. The number of hydrogen-bond acceptors (Lipinski definition) is 14. The average Bonchev–Trinajstić information content (AvgIpc) is 1.60. The third-order valence-electron chi connectivity index (χ3n) is 24.1. The van der Waals surface area contributed by atoms with Crippen LogP contribution in [0.4, 0.5) is 0 Å². The smallest absolute Gasteiger partial charge is 0.164 e. The molecule has 0 aliphatic carbocycles. The zero-order valence-corrected chi connectivity index (χ0v) is 70.1. The molecule has 0 saturated carbocycles. The summed E-state index contributed by atoms with van der Waals surface area (Å²) in [6, 6.07) is 146. The Morgan fingerprint density at radius 3 is 0.809 bits per heavy atom. The van der Waals surface area contributed by atoms with Gasteiger partial charge in [0.25, 0.3) is 0 Å². The van der Waals surface area contributed by atoms with Crippen LogP contribution in [-0.4, -0.2) is 54.8 Å². The van der Waals surface area contributed by atoms with Crippen LogP contribution in [0.2, 0.25) is 0 Å². The van der Waals surface area contributed by atoms with Crippen molar-refractivity contribution in [1.82, 2.24) is 54.8 Å². The fourth-order valence-corrected chi connectivity index (χ4v) is 17.8. The van der Waals surface area contributed by atoms with E-state index in [0.717, 1.165) is 216 Å². The van der Waals surface area contributed by atoms with E-state index in [4.69, 9.17) is 68.1 Å². The maximum atomic E-state index is 6.63. The number of nitrogens with zero attached hydrogens (tertiary/aromatic N) is 11. The van der Waals surface area contributed by atoms with Crippen LogP contribution in [0.25, 0.3) is 257 Å². The Balaban J connectivity index is 0.000000109. The van der Waals surface area contributed by atoms with Gasteiger partial charge in [0.15, 0.2) is 40.8 Å². The van der Waals surface area contributed by atoms with Crippen molar-refractivity contribution < 1.29 is 13.3 Å². The van der Waals surface area contributed by atoms with E-state index in [-0.39, 0.29) is 0 Å². The molecule has 17 aromatic carbocycles. The minimum atomic E-state index is 0.599. The van der Waals surface area contributed by atoms with Crippen LogP contribution < -0.4 is 0 Å². The van der Waals surface area contributed by atoms with Gasteiger partial charge in [-0.25, -0.2) is 54.8 Å². The molecule has 3 aromatic heterocycles. The highest BCUT2D eigenvalue weighted by atomic mass is 16.3. The van der Waals surface area contributed by atoms with Gasteiger partial charge in [-0.3, -0.25) is 0 Å². The Bertz CT molecular complexity index is 8500. The molecule has 0 atom stereocenters. The van der Waals surface area contributed by atoms with Gasteiger partial charge in [0, 0.05) is 99.1 Å². The number of aromatic nitrogens is 11. The zero-order chi connectivity index (χ0) is 86.7. The van der Waals surface area contributed by atoms with E-state index in [1.165, 1.54) is 0 Å². The monoisotopic (exact) mass is 1680 g/mol. The maximum Gasteiger partial charge on any atom is 0.164 e. The van der Waals surface area contributed by atoms with Crippen molar-refractivity contribution in [3.05, 3.63) is 431 Å². The molecule has 0 radical (unpaired) electrons. The third-order valence-corrected chi connectivity index (χ3v) is 24.1. The molecule has 0 spiro atoms. The minimum Gasteiger partial charge on any atom is -0.455 e. The Hall–Kier alpha value is -18.0. The van der Waals surface area contributed by atoms with Gasteiger partial charge in [0.1, 0.15) is 34.0 Å². The molecule has 0 unspecified atom stereocenters. The average molecular weight is 1680 g/mol. The number of hydrogen-bond donors (Lipinski definition) is 0. The van der Waals surface area contributed by atoms with E-state index in [9.17, 15) is 0 Å². The van der Waals surface area contributed by atoms with Crippen molar-refractivity contribution >= 4 is 87.2 Å². The second-order valence-electron chi connectivity index (χ2n) is 32.2. The molecule has 131 heavy (non-hydrogen) atoms. The fraction of sp³-hybridized carbons (Fsp3) is 0. The second kappa shape index (κ2) is 32.8. The van der Waals surface area contributed by atoms with Crippen molar-refractivity contribution in [2.45, 2.75) is 0 Å². The van der Waals surface area contributed by atoms with Gasteiger partial charge in [-0.15, -0.1) is 0 Å². The molecule has 0 N–H and O–H groups in total. The lowest BCUT2D eigenvalue weighted by Gasteiger charge is -2.13. The van der Waals surface area contributed by atoms with Gasteiger partial charge < -0.3 is 13.3 Å². The van der Waals surface area contributed by atoms with Crippen LogP contribution in [-0.2, 0) is 0 Å². The molecule has 0 amide bonds. The first-order valence-corrected chi connectivity index (χ1v) is 43.4. The summed E-state index contributed by atoms with van der Waals surface area (Å²) < 4.78 is 19.8. The van der Waals surface area contributed by atoms with Crippen LogP contribution >= 0.6 is 0 Å². The third kappa shape index (κ3) is 14.3. The molecule has 20 aromatic rings. The molecule has 6 aliphatic heterocycles. The summed E-state index contributed by atoms with van der Waals surface area (Å²) >= 11 is 0. The van der Waals surface area contributed by atoms with Crippen LogP contribution in [0.15, 0.2) is 444 Å². The van der Waals surface area contributed by atoms with Crippen LogP contribution in [0.3, 0.4) is 0 Å². The maximum absolute atomic E-state index is 6.63. The lowest BCUT2D eigenvalue weighted by molar-refractivity contribution is 0.621. The van der Waals surface area contributed by atoms with E-state index in [1.54, 1.807) is 0 Å². The number of benzene rings is 17. The Morgan fingerprint density at radius 1 is 0.153 bits per heavy atom. The largest absolute Gasteiger partial charge is 0.455 e. The number of rotatable bonds is 12. The first-order valence-electron chi connectivity index (χ1n) is 43.4. The normalized spacial score (nSPS) is 11.5. The number of fused-ring (bicyclic) bond motifs is 17. The molecule has 0 fully saturated rings. The molecule has 14 heteroatoms. The molecule has 6 aliphatic rings. The molecule has 9 heterocycles. The highest BCUT2D eigenvalue weighted by molar-refractivity contribution is 6.13. The van der Waals surface area contributed by atoms with E-state index < -0.39 is 0 Å². The summed E-state index contributed by atoms with van der Waals surface area (Å²) in [6.45, 7) is 0. The second-order valence-corrected chi connectivity index (χ2v) is 32.2. The van der Waals surface area contributed by atoms with E-state index in [0.29, 0.717) is 40.8 Å². The predicted octanol–water partition coefficient (Wildman–Crippen LogP) is 29.7. The van der Waals surface area contributed by atoms with Gasteiger partial charge in [-0.1, -0.05) is 364 Å². The van der Waals surface area contributed by atoms with Gasteiger partial charge >= 0.3 is 0 Å². The molecule has 14 nitrogen and oxygen atoms in total. The molecular formula is C117H71N11O3. The molecule has 612 valence electrons. The Morgan fingerprint density at radius 2 is 0.412 bits per heavy atom. The summed E-state index contributed by atoms with van der Waals surface area (Å²) in [5.41, 5.74) is 24.4. The van der Waals surface area contributed by atoms with Crippen LogP contribution in [0.1, 0.15) is 0 Å². The van der Waals surface area contributed by atoms with Gasteiger partial charge in [-0.05, 0) is 88.3 Å². The standard InChI is InChI=1S/C44H26N4O.C37H23N3O.C36H22N4O/c1-3-15-31-27(11-1)13-9-19-33(31)43-46-42(47-44(48-43)34-20-10-14-28-12-2-4-16-32(28)34)30-25-23-29(24-26-30)41-39-35-17-5-7-21-37(35)45-40(39)36-18-6-8-22-38(36)49-41;1-3-11-24(12-4-1)31-23-32(25-13-5-2-6-14-25)40-37(39-31)27-21-19-26(20-22-27)36-34-28-15-7-9-17-30(28)38-35(34)29-16-8-10-18-33(29)41-36;1-3-12-23(13-4-1)34-38-35(24-14-5-2-6-15-24)40-36(39-34)26-17-11-16-25(22-26)33-31-27-18-7-9-20-29(27)37-32(31)28-19-8-10-21-30(28)41-33/h1-26H;1-23H;1-22H. The lowest BCUT2D eigenvalue weighted by atomic mass is 9.98. The summed E-state index contributed by atoms with van der Waals surface area (Å²) in [4.78, 5) is 55.0. The number of para-hydroxylation sites is 6. The van der Waals surface area contributed by atoms with Crippen molar-refractivity contribution in [2.75, 3.05) is 0 Å². The van der Waals surface area contributed by atoms with Crippen molar-refractivity contribution in [3.63, 3.8) is 0 Å². The van der Waals surface area contributed by atoms with E-state index in [1.807, 2.05) is 206 Å². The molecular weight excluding hydrogens is 1610 g/mol. The summed E-state index contributed by atoms with van der Waals surface area (Å²) in [5, 5.41) is 10.7. The Labute approximate surface area is 751 Å². The first kappa shape index (κ1) is 76.6. The van der Waals surface area contributed by atoms with Gasteiger partial charge in [0.2, 0.25) is 0 Å². The van der Waals surface area contributed by atoms with Gasteiger partial charge in [-0.2, -0.15) is 0 Å². The lowest BCUT2D eigenvalue weighted by Crippen LogP contribution is -2.01. The SMILES string of the molecule is c1ccc(-c2cc(-c3ccccc3)nc(-c3ccc(-c4oc5ccccc5c5nc6ccccc6c4-5)cc3)n2)cc1.c1ccc(-c2nc(-c3ccccc3)nc(-c3cccc(-c4oc5ccccc5c5nc6ccccc6c4-5)c3)n2)cc1.c1ccc2c(-c3nc(-c4ccc(-c5oc6ccccc6c6nc7ccccc7c5-6)cc4)nc(-c4cccc5ccccc45)n3)cccc2c1. The highest BCUT2D eigenvalue weighted by Crippen LogP contribution is 2.49. The van der Waals surface area contributed by atoms with E-state index in [2.05, 4.69) is 224 Å². The molecule has 26 rings (SSSR count). The topological polar surface area (TPSA) is 181 Å². The first-order chi connectivity index (χ1) is 64.9. The zero-order valence-electron chi connectivity index (χ0n) is 70.1. The summed E-state index contributed by atoms with van der Waals surface area (Å²) in [6.07, 6.45) is 0. The van der Waals surface area contributed by atoms with Crippen molar-refractivity contribution in [3.8, 4) is 170 Å². The molecule has 0 saturated heterocycles.